The van der Waals surface area contributed by atoms with Crippen LogP contribution in [0.4, 0.5) is 11.4 Å². The van der Waals surface area contributed by atoms with Gasteiger partial charge in [0.1, 0.15) is 11.5 Å². The quantitative estimate of drug-likeness (QED) is 0.615. The van der Waals surface area contributed by atoms with E-state index in [0.29, 0.717) is 36.7 Å². The molecule has 1 aliphatic rings. The third-order valence-corrected chi connectivity index (χ3v) is 5.31. The molecule has 6 nitrogen and oxygen atoms in total. The molecule has 0 bridgehead atoms. The highest BCUT2D eigenvalue weighted by atomic mass is 16.5. The van der Waals surface area contributed by atoms with Crippen LogP contribution < -0.4 is 19.7 Å². The van der Waals surface area contributed by atoms with Gasteiger partial charge in [-0.1, -0.05) is 26.0 Å². The molecule has 0 unspecified atom stereocenters. The molecular weight excluding hydrogens is 380 g/mol. The second-order valence-electron chi connectivity index (χ2n) is 7.54. The summed E-state index contributed by atoms with van der Waals surface area (Å²) in [7, 11) is 0. The van der Waals surface area contributed by atoms with Gasteiger partial charge in [0.2, 0.25) is 5.91 Å². The molecule has 1 aliphatic heterocycles. The van der Waals surface area contributed by atoms with Gasteiger partial charge >= 0.3 is 0 Å². The topological polar surface area (TPSA) is 67.9 Å². The summed E-state index contributed by atoms with van der Waals surface area (Å²) in [5, 5.41) is 2.97. The summed E-state index contributed by atoms with van der Waals surface area (Å²) < 4.78 is 11.4. The Morgan fingerprint density at radius 2 is 2.00 bits per heavy atom. The van der Waals surface area contributed by atoms with Crippen molar-refractivity contribution in [1.82, 2.24) is 0 Å². The molecule has 1 heterocycles. The summed E-state index contributed by atoms with van der Waals surface area (Å²) in [4.78, 5) is 26.6. The minimum atomic E-state index is -0.0958. The van der Waals surface area contributed by atoms with E-state index >= 15 is 0 Å². The number of hydrogen-bond donors (Lipinski definition) is 1. The van der Waals surface area contributed by atoms with Gasteiger partial charge in [-0.2, -0.15) is 0 Å². The standard InChI is InChI=1S/C24H30N2O4/c1-4-18(5-2)24(28)25-19-10-11-22-21(15-19)26(23(27)16-30-22)12-7-13-29-20-9-6-8-17(3)14-20/h6,8-11,14-15,18H,4-5,7,12-13,16H2,1-3H3,(H,25,28). The first-order chi connectivity index (χ1) is 14.5. The summed E-state index contributed by atoms with van der Waals surface area (Å²) in [6.07, 6.45) is 2.27. The molecule has 0 saturated heterocycles. The number of aryl methyl sites for hydroxylation is 1. The fourth-order valence-electron chi connectivity index (χ4n) is 3.55. The van der Waals surface area contributed by atoms with Gasteiger partial charge in [0.05, 0.1) is 12.3 Å². The van der Waals surface area contributed by atoms with Crippen LogP contribution in [0.15, 0.2) is 42.5 Å². The van der Waals surface area contributed by atoms with Gasteiger partial charge in [0, 0.05) is 18.2 Å². The number of ether oxygens (including phenoxy) is 2. The first-order valence-corrected chi connectivity index (χ1v) is 10.6. The number of amides is 2. The minimum absolute atomic E-state index is 0.00103. The maximum atomic E-state index is 12.5. The Morgan fingerprint density at radius 1 is 1.20 bits per heavy atom. The van der Waals surface area contributed by atoms with Crippen molar-refractivity contribution in [2.24, 2.45) is 5.92 Å². The lowest BCUT2D eigenvalue weighted by Gasteiger charge is -2.30. The second kappa shape index (κ2) is 10.1. The number of nitrogens with zero attached hydrogens (tertiary/aromatic N) is 1. The number of anilines is 2. The molecular formula is C24H30N2O4. The third-order valence-electron chi connectivity index (χ3n) is 5.31. The molecule has 1 N–H and O–H groups in total. The first-order valence-electron chi connectivity index (χ1n) is 10.6. The Hall–Kier alpha value is -3.02. The summed E-state index contributed by atoms with van der Waals surface area (Å²) in [5.74, 6) is 1.36. The van der Waals surface area contributed by atoms with Gasteiger partial charge in [-0.3, -0.25) is 9.59 Å². The molecule has 0 fully saturated rings. The van der Waals surface area contributed by atoms with Crippen LogP contribution in [0.3, 0.4) is 0 Å². The van der Waals surface area contributed by atoms with E-state index in [2.05, 4.69) is 5.32 Å². The fourth-order valence-corrected chi connectivity index (χ4v) is 3.55. The number of carbonyl (C=O) groups is 2. The van der Waals surface area contributed by atoms with Gasteiger partial charge in [0.15, 0.2) is 6.61 Å². The first kappa shape index (κ1) is 21.7. The molecule has 2 amide bonds. The van der Waals surface area contributed by atoms with Crippen LogP contribution in [-0.2, 0) is 9.59 Å². The number of carbonyl (C=O) groups excluding carboxylic acids is 2. The maximum absolute atomic E-state index is 12.5. The van der Waals surface area contributed by atoms with E-state index in [1.165, 1.54) is 0 Å². The molecule has 0 atom stereocenters. The summed E-state index contributed by atoms with van der Waals surface area (Å²) in [6.45, 7) is 7.09. The lowest BCUT2D eigenvalue weighted by molar-refractivity contribution is -0.121. The van der Waals surface area contributed by atoms with E-state index in [9.17, 15) is 9.59 Å². The number of rotatable bonds is 9. The Bertz CT molecular complexity index is 893. The predicted octanol–water partition coefficient (Wildman–Crippen LogP) is 4.56. The van der Waals surface area contributed by atoms with Crippen LogP contribution in [0, 0.1) is 12.8 Å². The maximum Gasteiger partial charge on any atom is 0.265 e. The normalized spacial score (nSPS) is 13.1. The molecule has 0 saturated carbocycles. The van der Waals surface area contributed by atoms with Crippen LogP contribution in [0.5, 0.6) is 11.5 Å². The van der Waals surface area contributed by atoms with E-state index in [1.807, 2.05) is 57.2 Å². The van der Waals surface area contributed by atoms with E-state index in [4.69, 9.17) is 9.47 Å². The summed E-state index contributed by atoms with van der Waals surface area (Å²) in [6, 6.07) is 13.3. The summed E-state index contributed by atoms with van der Waals surface area (Å²) in [5.41, 5.74) is 2.50. The highest BCUT2D eigenvalue weighted by molar-refractivity contribution is 5.99. The molecule has 0 aliphatic carbocycles. The average molecular weight is 411 g/mol. The monoisotopic (exact) mass is 410 g/mol. The molecule has 0 aromatic heterocycles. The average Bonchev–Trinajstić information content (AvgIpc) is 2.73. The van der Waals surface area contributed by atoms with Crippen molar-refractivity contribution in [3.05, 3.63) is 48.0 Å². The molecule has 0 spiro atoms. The van der Waals surface area contributed by atoms with Crippen LogP contribution in [-0.4, -0.2) is 31.6 Å². The zero-order valence-electron chi connectivity index (χ0n) is 17.9. The second-order valence-corrected chi connectivity index (χ2v) is 7.54. The highest BCUT2D eigenvalue weighted by Crippen LogP contribution is 2.35. The van der Waals surface area contributed by atoms with Crippen LogP contribution in [0.2, 0.25) is 0 Å². The minimum Gasteiger partial charge on any atom is -0.494 e. The molecule has 6 heteroatoms. The van der Waals surface area contributed by atoms with E-state index in [1.54, 1.807) is 11.0 Å². The fraction of sp³-hybridized carbons (Fsp3) is 0.417. The van der Waals surface area contributed by atoms with E-state index in [-0.39, 0.29) is 24.3 Å². The molecule has 3 rings (SSSR count). The smallest absolute Gasteiger partial charge is 0.265 e. The number of benzene rings is 2. The molecule has 2 aromatic rings. The molecule has 30 heavy (non-hydrogen) atoms. The van der Waals surface area contributed by atoms with Crippen molar-refractivity contribution in [3.8, 4) is 11.5 Å². The van der Waals surface area contributed by atoms with Crippen molar-refractivity contribution >= 4 is 23.2 Å². The molecule has 0 radical (unpaired) electrons. The SMILES string of the molecule is CCC(CC)C(=O)Nc1ccc2c(c1)N(CCCOc1cccc(C)c1)C(=O)CO2. The van der Waals surface area contributed by atoms with Gasteiger partial charge in [-0.25, -0.2) is 0 Å². The number of fused-ring (bicyclic) bond motifs is 1. The Labute approximate surface area is 178 Å². The Balaban J connectivity index is 1.65. The lowest BCUT2D eigenvalue weighted by Crippen LogP contribution is -2.40. The van der Waals surface area contributed by atoms with E-state index < -0.39 is 0 Å². The van der Waals surface area contributed by atoms with Gasteiger partial charge in [-0.15, -0.1) is 0 Å². The number of hydrogen-bond acceptors (Lipinski definition) is 4. The largest absolute Gasteiger partial charge is 0.494 e. The van der Waals surface area contributed by atoms with Crippen molar-refractivity contribution in [2.75, 3.05) is 30.0 Å². The Morgan fingerprint density at radius 3 is 2.73 bits per heavy atom. The third kappa shape index (κ3) is 5.32. The van der Waals surface area contributed by atoms with Crippen molar-refractivity contribution in [2.45, 2.75) is 40.0 Å². The molecule has 2 aromatic carbocycles. The summed E-state index contributed by atoms with van der Waals surface area (Å²) >= 11 is 0. The van der Waals surface area contributed by atoms with Crippen molar-refractivity contribution in [3.63, 3.8) is 0 Å². The number of nitrogens with one attached hydrogen (secondary N) is 1. The van der Waals surface area contributed by atoms with Crippen molar-refractivity contribution < 1.29 is 19.1 Å². The zero-order chi connectivity index (χ0) is 21.5. The molecule has 160 valence electrons. The Kier molecular flexibility index (Phi) is 7.33. The van der Waals surface area contributed by atoms with Crippen LogP contribution in [0.1, 0.15) is 38.7 Å². The highest BCUT2D eigenvalue weighted by Gasteiger charge is 2.26. The van der Waals surface area contributed by atoms with E-state index in [0.717, 1.165) is 24.2 Å². The van der Waals surface area contributed by atoms with Crippen LogP contribution >= 0.6 is 0 Å². The zero-order valence-corrected chi connectivity index (χ0v) is 17.9. The van der Waals surface area contributed by atoms with Crippen molar-refractivity contribution in [1.29, 1.82) is 0 Å². The van der Waals surface area contributed by atoms with Crippen LogP contribution in [0.25, 0.3) is 0 Å². The van der Waals surface area contributed by atoms with Gasteiger partial charge < -0.3 is 19.7 Å². The van der Waals surface area contributed by atoms with Gasteiger partial charge in [-0.05, 0) is 62.1 Å². The van der Waals surface area contributed by atoms with Gasteiger partial charge in [0.25, 0.3) is 5.91 Å². The predicted molar refractivity (Wildman–Crippen MR) is 118 cm³/mol. The lowest BCUT2D eigenvalue weighted by atomic mass is 10.0.